The lowest BCUT2D eigenvalue weighted by atomic mass is 9.93. The molecule has 0 fully saturated rings. The van der Waals surface area contributed by atoms with E-state index in [0.717, 1.165) is 54.5 Å². The Labute approximate surface area is 189 Å². The van der Waals surface area contributed by atoms with Crippen LogP contribution >= 0.6 is 11.8 Å². The zero-order valence-corrected chi connectivity index (χ0v) is 19.5. The zero-order chi connectivity index (χ0) is 22.6. The highest BCUT2D eigenvalue weighted by molar-refractivity contribution is 8.00. The van der Waals surface area contributed by atoms with E-state index in [1.54, 1.807) is 11.8 Å². The Balaban J connectivity index is 2.00. The number of unbranched alkanes of at least 4 members (excludes halogenated alkanes) is 1. The lowest BCUT2D eigenvalue weighted by Crippen LogP contribution is -2.11. The first-order valence-electron chi connectivity index (χ1n) is 10.9. The Kier molecular flexibility index (Phi) is 10.4. The van der Waals surface area contributed by atoms with E-state index in [-0.39, 0.29) is 17.0 Å². The van der Waals surface area contributed by atoms with Gasteiger partial charge in [-0.2, -0.15) is 0 Å². The molecule has 0 spiro atoms. The maximum absolute atomic E-state index is 12.2. The van der Waals surface area contributed by atoms with Crippen LogP contribution in [-0.2, 0) is 22.4 Å². The third kappa shape index (κ3) is 6.76. The van der Waals surface area contributed by atoms with Crippen LogP contribution in [0.5, 0.6) is 5.75 Å². The second kappa shape index (κ2) is 13.1. The van der Waals surface area contributed by atoms with Crippen LogP contribution in [0, 0.1) is 0 Å². The van der Waals surface area contributed by atoms with Crippen molar-refractivity contribution in [1.29, 1.82) is 0 Å². The van der Waals surface area contributed by atoms with E-state index in [4.69, 9.17) is 4.74 Å². The molecule has 31 heavy (non-hydrogen) atoms. The summed E-state index contributed by atoms with van der Waals surface area (Å²) in [5.74, 6) is 0.858. The van der Waals surface area contributed by atoms with E-state index in [9.17, 15) is 15.1 Å². The Morgan fingerprint density at radius 2 is 1.84 bits per heavy atom. The van der Waals surface area contributed by atoms with Crippen molar-refractivity contribution in [2.24, 2.45) is 5.16 Å². The van der Waals surface area contributed by atoms with Crippen molar-refractivity contribution in [2.45, 2.75) is 57.6 Å². The predicted molar refractivity (Wildman–Crippen MR) is 127 cm³/mol. The SMILES string of the molecule is CCCc1c(CCCCSC(C(=O)OC)c2ccccc2)ccc(C(CC)=NO)c1O. The van der Waals surface area contributed by atoms with E-state index >= 15 is 0 Å². The third-order valence-electron chi connectivity index (χ3n) is 5.29. The van der Waals surface area contributed by atoms with Gasteiger partial charge in [-0.05, 0) is 60.6 Å². The second-order valence-corrected chi connectivity index (χ2v) is 8.60. The zero-order valence-electron chi connectivity index (χ0n) is 18.6. The molecule has 5 nitrogen and oxygen atoms in total. The van der Waals surface area contributed by atoms with Crippen LogP contribution in [0.3, 0.4) is 0 Å². The number of thioether (sulfide) groups is 1. The summed E-state index contributed by atoms with van der Waals surface area (Å²) in [6.45, 7) is 3.99. The number of phenols is 1. The minimum atomic E-state index is -0.310. The monoisotopic (exact) mass is 443 g/mol. The summed E-state index contributed by atoms with van der Waals surface area (Å²) in [5.41, 5.74) is 4.14. The quantitative estimate of drug-likeness (QED) is 0.140. The van der Waals surface area contributed by atoms with E-state index < -0.39 is 0 Å². The Hall–Kier alpha value is -2.47. The summed E-state index contributed by atoms with van der Waals surface area (Å²) < 4.78 is 4.98. The summed E-state index contributed by atoms with van der Waals surface area (Å²) in [6.07, 6.45) is 5.03. The van der Waals surface area contributed by atoms with E-state index in [1.165, 1.54) is 7.11 Å². The predicted octanol–water partition coefficient (Wildman–Crippen LogP) is 5.90. The fourth-order valence-electron chi connectivity index (χ4n) is 3.64. The number of oxime groups is 1. The van der Waals surface area contributed by atoms with Crippen LogP contribution in [0.4, 0.5) is 0 Å². The fraction of sp³-hybridized carbons (Fsp3) is 0.440. The maximum atomic E-state index is 12.2. The number of nitrogens with zero attached hydrogens (tertiary/aromatic N) is 1. The van der Waals surface area contributed by atoms with Gasteiger partial charge in [-0.25, -0.2) is 0 Å². The first-order chi connectivity index (χ1) is 15.1. The highest BCUT2D eigenvalue weighted by Crippen LogP contribution is 2.32. The molecule has 2 aromatic rings. The van der Waals surface area contributed by atoms with Gasteiger partial charge in [-0.3, -0.25) is 4.79 Å². The average Bonchev–Trinajstić information content (AvgIpc) is 2.80. The van der Waals surface area contributed by atoms with Gasteiger partial charge in [-0.1, -0.05) is 61.8 Å². The molecule has 2 N–H and O–H groups in total. The molecule has 0 amide bonds. The minimum absolute atomic E-state index is 0.223. The number of phenolic OH excluding ortho intramolecular Hbond substituents is 1. The van der Waals surface area contributed by atoms with Crippen molar-refractivity contribution < 1.29 is 19.8 Å². The number of carbonyl (C=O) groups is 1. The molecule has 0 aliphatic heterocycles. The van der Waals surface area contributed by atoms with Gasteiger partial charge in [-0.15, -0.1) is 11.8 Å². The van der Waals surface area contributed by atoms with E-state index in [1.807, 2.05) is 49.4 Å². The normalized spacial score (nSPS) is 12.5. The molecule has 168 valence electrons. The Bertz CT molecular complexity index is 867. The van der Waals surface area contributed by atoms with Crippen molar-refractivity contribution in [3.05, 3.63) is 64.7 Å². The van der Waals surface area contributed by atoms with Crippen molar-refractivity contribution >= 4 is 23.4 Å². The molecular weight excluding hydrogens is 410 g/mol. The first kappa shape index (κ1) is 24.8. The Morgan fingerprint density at radius 1 is 1.10 bits per heavy atom. The van der Waals surface area contributed by atoms with Gasteiger partial charge < -0.3 is 15.1 Å². The summed E-state index contributed by atoms with van der Waals surface area (Å²) >= 11 is 1.60. The van der Waals surface area contributed by atoms with Gasteiger partial charge in [0.15, 0.2) is 0 Å². The lowest BCUT2D eigenvalue weighted by Gasteiger charge is -2.16. The van der Waals surface area contributed by atoms with E-state index in [2.05, 4.69) is 12.1 Å². The maximum Gasteiger partial charge on any atom is 0.323 e. The fourth-order valence-corrected chi connectivity index (χ4v) is 4.83. The summed E-state index contributed by atoms with van der Waals surface area (Å²) in [5, 5.41) is 23.0. The number of hydrogen-bond donors (Lipinski definition) is 2. The number of ether oxygens (including phenoxy) is 1. The number of aromatic hydroxyl groups is 1. The van der Waals surface area contributed by atoms with Crippen molar-refractivity contribution in [3.8, 4) is 5.75 Å². The lowest BCUT2D eigenvalue weighted by molar-refractivity contribution is -0.140. The van der Waals surface area contributed by atoms with Gasteiger partial charge in [0, 0.05) is 5.56 Å². The van der Waals surface area contributed by atoms with Crippen LogP contribution < -0.4 is 0 Å². The van der Waals surface area contributed by atoms with Crippen molar-refractivity contribution in [2.75, 3.05) is 12.9 Å². The highest BCUT2D eigenvalue weighted by atomic mass is 32.2. The Morgan fingerprint density at radius 3 is 2.45 bits per heavy atom. The molecule has 0 saturated carbocycles. The molecule has 0 bridgehead atoms. The molecule has 2 rings (SSSR count). The number of aryl methyl sites for hydroxylation is 1. The summed E-state index contributed by atoms with van der Waals surface area (Å²) in [7, 11) is 1.43. The topological polar surface area (TPSA) is 79.1 Å². The summed E-state index contributed by atoms with van der Waals surface area (Å²) in [6, 6.07) is 13.6. The van der Waals surface area contributed by atoms with Crippen molar-refractivity contribution in [3.63, 3.8) is 0 Å². The molecule has 2 aromatic carbocycles. The standard InChI is InChI=1S/C25H33NO4S/c1-4-11-20-18(15-16-21(23(20)27)22(5-2)26-29)12-9-10-17-31-24(25(28)30-3)19-13-7-6-8-14-19/h6-8,13-16,24,27,29H,4-5,9-12,17H2,1-3H3. The summed E-state index contributed by atoms with van der Waals surface area (Å²) in [4.78, 5) is 12.2. The van der Waals surface area contributed by atoms with Gasteiger partial charge in [0.05, 0.1) is 12.8 Å². The number of carbonyl (C=O) groups excluding carboxylic acids is 1. The number of esters is 1. The van der Waals surface area contributed by atoms with Gasteiger partial charge >= 0.3 is 5.97 Å². The molecule has 1 atom stereocenters. The number of hydrogen-bond acceptors (Lipinski definition) is 6. The molecule has 0 aromatic heterocycles. The van der Waals surface area contributed by atoms with Gasteiger partial charge in [0.1, 0.15) is 11.0 Å². The molecule has 6 heteroatoms. The molecule has 0 radical (unpaired) electrons. The van der Waals surface area contributed by atoms with Crippen molar-refractivity contribution in [1.82, 2.24) is 0 Å². The van der Waals surface area contributed by atoms with Crippen LogP contribution in [0.2, 0.25) is 0 Å². The smallest absolute Gasteiger partial charge is 0.323 e. The molecule has 0 aliphatic rings. The molecule has 0 heterocycles. The molecule has 1 unspecified atom stereocenters. The van der Waals surface area contributed by atoms with E-state index in [0.29, 0.717) is 17.7 Å². The molecule has 0 saturated heterocycles. The van der Waals surface area contributed by atoms with Gasteiger partial charge in [0.25, 0.3) is 0 Å². The van der Waals surface area contributed by atoms with Gasteiger partial charge in [0.2, 0.25) is 0 Å². The van der Waals surface area contributed by atoms with Crippen LogP contribution in [0.15, 0.2) is 47.6 Å². The van der Waals surface area contributed by atoms with Crippen LogP contribution in [-0.4, -0.2) is 34.9 Å². The van der Waals surface area contributed by atoms with Crippen LogP contribution in [0.25, 0.3) is 0 Å². The first-order valence-corrected chi connectivity index (χ1v) is 11.9. The number of rotatable bonds is 12. The number of benzene rings is 2. The second-order valence-electron chi connectivity index (χ2n) is 7.39. The average molecular weight is 444 g/mol. The molecule has 0 aliphatic carbocycles. The van der Waals surface area contributed by atoms with Crippen LogP contribution in [0.1, 0.15) is 67.0 Å². The largest absolute Gasteiger partial charge is 0.507 e. The minimum Gasteiger partial charge on any atom is -0.507 e. The third-order valence-corrected chi connectivity index (χ3v) is 6.61. The molecular formula is C25H33NO4S. The highest BCUT2D eigenvalue weighted by Gasteiger charge is 2.21. The number of methoxy groups -OCH3 is 1.